The summed E-state index contributed by atoms with van der Waals surface area (Å²) < 4.78 is 15.4. The van der Waals surface area contributed by atoms with Crippen molar-refractivity contribution in [3.8, 4) is 11.5 Å². The van der Waals surface area contributed by atoms with Crippen molar-refractivity contribution in [2.45, 2.75) is 13.0 Å². The van der Waals surface area contributed by atoms with Crippen LogP contribution in [0, 0.1) is 0 Å². The number of methoxy groups -OCH3 is 3. The fourth-order valence-electron chi connectivity index (χ4n) is 1.63. The van der Waals surface area contributed by atoms with E-state index in [1.54, 1.807) is 21.3 Å². The molecule has 0 aromatic heterocycles. The van der Waals surface area contributed by atoms with Crippen LogP contribution in [-0.2, 0) is 11.3 Å². The second-order valence-electron chi connectivity index (χ2n) is 3.80. The lowest BCUT2D eigenvalue weighted by atomic mass is 10.2. The van der Waals surface area contributed by atoms with Gasteiger partial charge in [0.25, 0.3) is 0 Å². The van der Waals surface area contributed by atoms with Gasteiger partial charge in [0.1, 0.15) is 0 Å². The van der Waals surface area contributed by atoms with Crippen LogP contribution in [0.3, 0.4) is 0 Å². The number of hydrogen-bond acceptors (Lipinski definition) is 4. The lowest BCUT2D eigenvalue weighted by Gasteiger charge is -2.13. The van der Waals surface area contributed by atoms with Crippen LogP contribution in [0.2, 0.25) is 5.02 Å². The Morgan fingerprint density at radius 3 is 2.56 bits per heavy atom. The molecule has 102 valence electrons. The van der Waals surface area contributed by atoms with Gasteiger partial charge in [0.2, 0.25) is 0 Å². The van der Waals surface area contributed by atoms with Crippen LogP contribution in [0.1, 0.15) is 12.0 Å². The lowest BCUT2D eigenvalue weighted by molar-refractivity contribution is 0.194. The molecule has 0 aliphatic rings. The van der Waals surface area contributed by atoms with E-state index in [0.717, 1.165) is 25.1 Å². The molecule has 0 spiro atoms. The molecule has 0 saturated carbocycles. The van der Waals surface area contributed by atoms with E-state index in [4.69, 9.17) is 25.8 Å². The van der Waals surface area contributed by atoms with Crippen molar-refractivity contribution >= 4 is 11.6 Å². The summed E-state index contributed by atoms with van der Waals surface area (Å²) in [7, 11) is 4.88. The van der Waals surface area contributed by atoms with Crippen LogP contribution in [0.15, 0.2) is 12.1 Å². The first kappa shape index (κ1) is 15.1. The molecule has 0 radical (unpaired) electrons. The molecule has 0 amide bonds. The average molecular weight is 274 g/mol. The summed E-state index contributed by atoms with van der Waals surface area (Å²) in [5, 5.41) is 3.90. The van der Waals surface area contributed by atoms with Gasteiger partial charge in [0.05, 0.1) is 19.2 Å². The first-order valence-electron chi connectivity index (χ1n) is 5.83. The van der Waals surface area contributed by atoms with Crippen LogP contribution in [-0.4, -0.2) is 34.5 Å². The average Bonchev–Trinajstić information content (AvgIpc) is 2.39. The molecule has 0 bridgehead atoms. The maximum atomic E-state index is 6.26. The Morgan fingerprint density at radius 2 is 1.94 bits per heavy atom. The SMILES string of the molecule is COCCCNCc1ccc(OC)c(OC)c1Cl. The standard InChI is InChI=1S/C13H20ClNO3/c1-16-8-4-7-15-9-10-5-6-11(17-2)13(18-3)12(10)14/h5-6,15H,4,7-9H2,1-3H3. The molecule has 1 N–H and O–H groups in total. The van der Waals surface area contributed by atoms with E-state index in [-0.39, 0.29) is 0 Å². The number of nitrogens with one attached hydrogen (secondary N) is 1. The highest BCUT2D eigenvalue weighted by Crippen LogP contribution is 2.37. The van der Waals surface area contributed by atoms with Crippen molar-refractivity contribution in [3.63, 3.8) is 0 Å². The molecule has 0 fully saturated rings. The monoisotopic (exact) mass is 273 g/mol. The Labute approximate surface area is 113 Å². The molecule has 0 heterocycles. The minimum Gasteiger partial charge on any atom is -0.493 e. The quantitative estimate of drug-likeness (QED) is 0.739. The molecule has 5 heteroatoms. The van der Waals surface area contributed by atoms with E-state index in [9.17, 15) is 0 Å². The van der Waals surface area contributed by atoms with Crippen molar-refractivity contribution in [3.05, 3.63) is 22.7 Å². The van der Waals surface area contributed by atoms with Crippen LogP contribution in [0.25, 0.3) is 0 Å². The van der Waals surface area contributed by atoms with Gasteiger partial charge in [-0.2, -0.15) is 0 Å². The van der Waals surface area contributed by atoms with E-state index in [1.165, 1.54) is 0 Å². The first-order chi connectivity index (χ1) is 8.74. The summed E-state index contributed by atoms with van der Waals surface area (Å²) in [4.78, 5) is 0. The number of ether oxygens (including phenoxy) is 3. The van der Waals surface area contributed by atoms with Crippen molar-refractivity contribution < 1.29 is 14.2 Å². The van der Waals surface area contributed by atoms with Crippen molar-refractivity contribution in [2.24, 2.45) is 0 Å². The van der Waals surface area contributed by atoms with Gasteiger partial charge in [0.15, 0.2) is 11.5 Å². The predicted molar refractivity (Wildman–Crippen MR) is 72.8 cm³/mol. The van der Waals surface area contributed by atoms with Crippen LogP contribution in [0.5, 0.6) is 11.5 Å². The molecule has 1 rings (SSSR count). The Kier molecular flexibility index (Phi) is 6.86. The summed E-state index contributed by atoms with van der Waals surface area (Å²) in [6.07, 6.45) is 0.974. The zero-order valence-electron chi connectivity index (χ0n) is 11.1. The molecule has 0 atom stereocenters. The topological polar surface area (TPSA) is 39.7 Å². The molecular formula is C13H20ClNO3. The summed E-state index contributed by atoms with van der Waals surface area (Å²) in [6, 6.07) is 3.80. The Balaban J connectivity index is 2.61. The second-order valence-corrected chi connectivity index (χ2v) is 4.18. The third-order valence-corrected chi connectivity index (χ3v) is 3.00. The fourth-order valence-corrected chi connectivity index (χ4v) is 1.93. The number of halogens is 1. The van der Waals surface area contributed by atoms with Gasteiger partial charge < -0.3 is 19.5 Å². The normalized spacial score (nSPS) is 10.4. The van der Waals surface area contributed by atoms with Crippen molar-refractivity contribution in [2.75, 3.05) is 34.5 Å². The summed E-state index contributed by atoms with van der Waals surface area (Å²) in [5.74, 6) is 1.22. The molecule has 18 heavy (non-hydrogen) atoms. The lowest BCUT2D eigenvalue weighted by Crippen LogP contribution is -2.16. The molecule has 0 aliphatic heterocycles. The third kappa shape index (κ3) is 4.05. The number of hydrogen-bond donors (Lipinski definition) is 1. The Bertz CT molecular complexity index is 371. The number of benzene rings is 1. The molecular weight excluding hydrogens is 254 g/mol. The van der Waals surface area contributed by atoms with E-state index in [2.05, 4.69) is 5.32 Å². The zero-order valence-corrected chi connectivity index (χ0v) is 11.8. The van der Waals surface area contributed by atoms with E-state index in [1.807, 2.05) is 12.1 Å². The van der Waals surface area contributed by atoms with E-state index < -0.39 is 0 Å². The van der Waals surface area contributed by atoms with Gasteiger partial charge in [-0.3, -0.25) is 0 Å². The van der Waals surface area contributed by atoms with Crippen LogP contribution in [0.4, 0.5) is 0 Å². The van der Waals surface area contributed by atoms with Gasteiger partial charge in [-0.25, -0.2) is 0 Å². The van der Waals surface area contributed by atoms with Crippen molar-refractivity contribution in [1.82, 2.24) is 5.32 Å². The van der Waals surface area contributed by atoms with Crippen molar-refractivity contribution in [1.29, 1.82) is 0 Å². The maximum absolute atomic E-state index is 6.26. The summed E-state index contributed by atoms with van der Waals surface area (Å²) in [5.41, 5.74) is 0.992. The molecule has 1 aromatic carbocycles. The smallest absolute Gasteiger partial charge is 0.179 e. The largest absolute Gasteiger partial charge is 0.493 e. The Hall–Kier alpha value is -0.970. The summed E-state index contributed by atoms with van der Waals surface area (Å²) in [6.45, 7) is 2.34. The molecule has 0 unspecified atom stereocenters. The second kappa shape index (κ2) is 8.19. The molecule has 4 nitrogen and oxygen atoms in total. The van der Waals surface area contributed by atoms with Gasteiger partial charge >= 0.3 is 0 Å². The van der Waals surface area contributed by atoms with Gasteiger partial charge in [-0.05, 0) is 24.6 Å². The highest BCUT2D eigenvalue weighted by atomic mass is 35.5. The third-order valence-electron chi connectivity index (χ3n) is 2.58. The highest BCUT2D eigenvalue weighted by Gasteiger charge is 2.12. The van der Waals surface area contributed by atoms with Gasteiger partial charge in [-0.15, -0.1) is 0 Å². The molecule has 0 saturated heterocycles. The van der Waals surface area contributed by atoms with E-state index >= 15 is 0 Å². The first-order valence-corrected chi connectivity index (χ1v) is 6.21. The highest BCUT2D eigenvalue weighted by molar-refractivity contribution is 6.33. The van der Waals surface area contributed by atoms with Gasteiger partial charge in [0, 0.05) is 20.3 Å². The Morgan fingerprint density at radius 1 is 1.17 bits per heavy atom. The predicted octanol–water partition coefficient (Wildman–Crippen LogP) is 2.48. The minimum atomic E-state index is 0.579. The maximum Gasteiger partial charge on any atom is 0.179 e. The van der Waals surface area contributed by atoms with Crippen LogP contribution >= 0.6 is 11.6 Å². The summed E-state index contributed by atoms with van der Waals surface area (Å²) >= 11 is 6.26. The molecule has 0 aliphatic carbocycles. The molecule has 1 aromatic rings. The fraction of sp³-hybridized carbons (Fsp3) is 0.538. The zero-order chi connectivity index (χ0) is 13.4. The minimum absolute atomic E-state index is 0.579. The van der Waals surface area contributed by atoms with Gasteiger partial charge in [-0.1, -0.05) is 17.7 Å². The number of rotatable bonds is 8. The van der Waals surface area contributed by atoms with E-state index in [0.29, 0.717) is 23.1 Å². The van der Waals surface area contributed by atoms with Crippen LogP contribution < -0.4 is 14.8 Å².